The molecule has 1 aliphatic heterocycles. The first kappa shape index (κ1) is 26.6. The van der Waals surface area contributed by atoms with Crippen LogP contribution in [-0.4, -0.2) is 57.6 Å². The number of carboxylic acid groups (broad SMARTS) is 1. The van der Waals surface area contributed by atoms with Gasteiger partial charge in [-0.25, -0.2) is 4.98 Å². The Morgan fingerprint density at radius 1 is 1.08 bits per heavy atom. The van der Waals surface area contributed by atoms with Gasteiger partial charge in [0.1, 0.15) is 10.8 Å². The highest BCUT2D eigenvalue weighted by atomic mass is 32.2. The summed E-state index contributed by atoms with van der Waals surface area (Å²) in [4.78, 5) is 32.2. The smallest absolute Gasteiger partial charge is 0.303 e. The van der Waals surface area contributed by atoms with Gasteiger partial charge in [-0.2, -0.15) is 0 Å². The molecule has 208 valence electrons. The Morgan fingerprint density at radius 2 is 1.85 bits per heavy atom. The minimum Gasteiger partial charge on any atom is -0.481 e. The Balaban J connectivity index is 1.20. The van der Waals surface area contributed by atoms with Gasteiger partial charge in [0.25, 0.3) is 5.91 Å². The molecule has 2 aromatic rings. The average Bonchev–Trinajstić information content (AvgIpc) is 2.90. The third-order valence-corrected chi connectivity index (χ3v) is 10.4. The molecule has 3 atom stereocenters. The van der Waals surface area contributed by atoms with Crippen molar-refractivity contribution in [1.82, 2.24) is 10.3 Å². The Bertz CT molecular complexity index is 1190. The number of hydrogen-bond acceptors (Lipinski definition) is 6. The topological polar surface area (TPSA) is 103 Å². The lowest BCUT2D eigenvalue weighted by molar-refractivity contribution is -0.138. The fraction of sp³-hybridized carbons (Fsp3) is 0.581. The number of benzene rings is 1. The number of thioether (sulfide) groups is 1. The van der Waals surface area contributed by atoms with Gasteiger partial charge in [0.2, 0.25) is 0 Å². The van der Waals surface area contributed by atoms with Gasteiger partial charge in [-0.1, -0.05) is 30.3 Å². The van der Waals surface area contributed by atoms with E-state index in [1.54, 1.807) is 11.8 Å². The van der Waals surface area contributed by atoms with Crippen LogP contribution in [0.2, 0.25) is 0 Å². The number of nitrogens with zero attached hydrogens (tertiary/aromatic N) is 2. The number of nitrogens with one attached hydrogen (secondary N) is 1. The van der Waals surface area contributed by atoms with Crippen LogP contribution < -0.4 is 10.2 Å². The second-order valence-corrected chi connectivity index (χ2v) is 13.4. The van der Waals surface area contributed by atoms with Crippen molar-refractivity contribution in [1.29, 1.82) is 0 Å². The zero-order chi connectivity index (χ0) is 27.0. The number of carbonyl (C=O) groups excluding carboxylic acids is 1. The number of carboxylic acids is 1. The van der Waals surface area contributed by atoms with Gasteiger partial charge in [-0.05, 0) is 92.7 Å². The molecule has 0 radical (unpaired) electrons. The number of piperidine rings is 1. The number of anilines is 1. The van der Waals surface area contributed by atoms with E-state index in [9.17, 15) is 19.8 Å². The minimum absolute atomic E-state index is 0.0666. The SMILES string of the molecule is O=C(O)C[C@@H]1CCCN(c2ccc(C(=O)NC3[C@H]4CC5C[C@H]3CC(O)(C5)C4)c(SCCc3ccccc3)n2)C1. The number of rotatable bonds is 9. The van der Waals surface area contributed by atoms with E-state index in [-0.39, 0.29) is 24.3 Å². The van der Waals surface area contributed by atoms with Gasteiger partial charge in [0.05, 0.1) is 11.2 Å². The summed E-state index contributed by atoms with van der Waals surface area (Å²) in [6.07, 6.45) is 7.65. The second kappa shape index (κ2) is 11.1. The highest BCUT2D eigenvalue weighted by Crippen LogP contribution is 2.55. The molecule has 0 spiro atoms. The summed E-state index contributed by atoms with van der Waals surface area (Å²) in [5, 5.41) is 24.4. The maximum atomic E-state index is 13.7. The van der Waals surface area contributed by atoms with Gasteiger partial charge >= 0.3 is 5.97 Å². The van der Waals surface area contributed by atoms with E-state index in [1.807, 2.05) is 30.3 Å². The largest absolute Gasteiger partial charge is 0.481 e. The van der Waals surface area contributed by atoms with Gasteiger partial charge < -0.3 is 20.4 Å². The molecule has 0 unspecified atom stereocenters. The average molecular weight is 550 g/mol. The summed E-state index contributed by atoms with van der Waals surface area (Å²) in [5.41, 5.74) is 1.35. The molecule has 1 aromatic heterocycles. The molecule has 4 aliphatic carbocycles. The zero-order valence-electron chi connectivity index (χ0n) is 22.4. The summed E-state index contributed by atoms with van der Waals surface area (Å²) in [7, 11) is 0. The maximum absolute atomic E-state index is 13.7. The fourth-order valence-corrected chi connectivity index (χ4v) is 8.94. The van der Waals surface area contributed by atoms with Crippen LogP contribution in [-0.2, 0) is 11.2 Å². The van der Waals surface area contributed by atoms with Crippen LogP contribution >= 0.6 is 11.8 Å². The third-order valence-electron chi connectivity index (χ3n) is 9.41. The molecule has 2 heterocycles. The summed E-state index contributed by atoms with van der Waals surface area (Å²) < 4.78 is 0. The number of amides is 1. The number of carbonyl (C=O) groups is 2. The molecule has 4 bridgehead atoms. The number of aryl methyl sites for hydroxylation is 1. The molecule has 7 rings (SSSR count). The first-order chi connectivity index (χ1) is 18.8. The van der Waals surface area contributed by atoms with Crippen molar-refractivity contribution in [3.63, 3.8) is 0 Å². The number of pyridine rings is 1. The van der Waals surface area contributed by atoms with E-state index in [0.29, 0.717) is 29.9 Å². The Morgan fingerprint density at radius 3 is 2.56 bits per heavy atom. The van der Waals surface area contributed by atoms with Crippen molar-refractivity contribution in [2.45, 2.75) is 74.5 Å². The van der Waals surface area contributed by atoms with E-state index >= 15 is 0 Å². The Labute approximate surface area is 234 Å². The lowest BCUT2D eigenvalue weighted by atomic mass is 9.52. The number of aliphatic hydroxyl groups is 1. The van der Waals surface area contributed by atoms with Crippen LogP contribution in [0.5, 0.6) is 0 Å². The number of aliphatic carboxylic acids is 1. The van der Waals surface area contributed by atoms with Crippen LogP contribution in [0.3, 0.4) is 0 Å². The van der Waals surface area contributed by atoms with Crippen molar-refractivity contribution in [2.75, 3.05) is 23.7 Å². The van der Waals surface area contributed by atoms with Gasteiger partial charge in [-0.3, -0.25) is 9.59 Å². The van der Waals surface area contributed by atoms with Gasteiger partial charge in [0, 0.05) is 31.3 Å². The third kappa shape index (κ3) is 5.97. The summed E-state index contributed by atoms with van der Waals surface area (Å²) >= 11 is 1.62. The summed E-state index contributed by atoms with van der Waals surface area (Å²) in [6.45, 7) is 1.52. The van der Waals surface area contributed by atoms with Crippen molar-refractivity contribution in [3.05, 3.63) is 53.6 Å². The monoisotopic (exact) mass is 549 g/mol. The van der Waals surface area contributed by atoms with Crippen LogP contribution in [0.4, 0.5) is 5.82 Å². The Kier molecular flexibility index (Phi) is 7.60. The number of hydrogen-bond donors (Lipinski definition) is 3. The number of aromatic nitrogens is 1. The molecule has 8 heteroatoms. The summed E-state index contributed by atoms with van der Waals surface area (Å²) in [6, 6.07) is 14.3. The summed E-state index contributed by atoms with van der Waals surface area (Å²) in [5.74, 6) is 2.23. The molecule has 1 saturated heterocycles. The molecule has 7 nitrogen and oxygen atoms in total. The van der Waals surface area contributed by atoms with E-state index in [4.69, 9.17) is 4.98 Å². The van der Waals surface area contributed by atoms with Crippen LogP contribution in [0, 0.1) is 23.7 Å². The zero-order valence-corrected chi connectivity index (χ0v) is 23.2. The van der Waals surface area contributed by atoms with E-state index in [1.165, 1.54) is 5.56 Å². The molecule has 1 aromatic carbocycles. The van der Waals surface area contributed by atoms with E-state index in [2.05, 4.69) is 22.3 Å². The van der Waals surface area contributed by atoms with Crippen LogP contribution in [0.15, 0.2) is 47.5 Å². The first-order valence-corrected chi connectivity index (χ1v) is 15.5. The molecule has 1 amide bonds. The Hall–Kier alpha value is -2.58. The predicted molar refractivity (Wildman–Crippen MR) is 152 cm³/mol. The highest BCUT2D eigenvalue weighted by Gasteiger charge is 2.55. The van der Waals surface area contributed by atoms with Crippen LogP contribution in [0.25, 0.3) is 0 Å². The molecule has 3 N–H and O–H groups in total. The molecule has 39 heavy (non-hydrogen) atoms. The molecule has 4 saturated carbocycles. The van der Waals surface area contributed by atoms with Gasteiger partial charge in [0.15, 0.2) is 0 Å². The standard InChI is InChI=1S/C31H39N3O4S/c35-27(36)15-21-7-4-11-34(19-21)26-9-8-25(30(32-26)39-12-10-20-5-2-1-3-6-20)29(37)33-28-23-13-22-14-24(28)18-31(38,16-22)17-23/h1-3,5-6,8-9,21-24,28,38H,4,7,10-19H2,(H,33,37)(H,35,36)/t21-,22?,23-,24-,28?,31?/m0/s1. The van der Waals surface area contributed by atoms with Crippen LogP contribution in [0.1, 0.15) is 67.3 Å². The van der Waals surface area contributed by atoms with Crippen molar-refractivity contribution in [3.8, 4) is 0 Å². The molecular formula is C31H39N3O4S. The lowest BCUT2D eigenvalue weighted by Gasteiger charge is -2.58. The van der Waals surface area contributed by atoms with Crippen molar-refractivity contribution in [2.24, 2.45) is 23.7 Å². The van der Waals surface area contributed by atoms with Crippen molar-refractivity contribution < 1.29 is 19.8 Å². The maximum Gasteiger partial charge on any atom is 0.303 e. The van der Waals surface area contributed by atoms with Gasteiger partial charge in [-0.15, -0.1) is 11.8 Å². The molecule has 5 aliphatic rings. The normalized spacial score (nSPS) is 31.3. The first-order valence-electron chi connectivity index (χ1n) is 14.5. The fourth-order valence-electron chi connectivity index (χ4n) is 7.93. The highest BCUT2D eigenvalue weighted by molar-refractivity contribution is 7.99. The van der Waals surface area contributed by atoms with E-state index in [0.717, 1.165) is 74.5 Å². The molecule has 5 fully saturated rings. The van der Waals surface area contributed by atoms with Crippen molar-refractivity contribution >= 4 is 29.5 Å². The van der Waals surface area contributed by atoms with E-state index < -0.39 is 11.6 Å². The molecular weight excluding hydrogens is 510 g/mol. The quantitative estimate of drug-likeness (QED) is 0.387. The minimum atomic E-state index is -0.754. The second-order valence-electron chi connectivity index (χ2n) is 12.4. The lowest BCUT2D eigenvalue weighted by Crippen LogP contribution is -2.61. The predicted octanol–water partition coefficient (Wildman–Crippen LogP) is 4.78.